The zero-order chi connectivity index (χ0) is 21.1. The number of thiophene rings is 1. The average molecular weight is 419 g/mol. The Kier molecular flexibility index (Phi) is 5.77. The molecule has 1 amide bonds. The van der Waals surface area contributed by atoms with Crippen molar-refractivity contribution >= 4 is 29.1 Å². The summed E-state index contributed by atoms with van der Waals surface area (Å²) in [5.41, 5.74) is 4.16. The molecule has 152 valence electrons. The van der Waals surface area contributed by atoms with Gasteiger partial charge in [0.05, 0.1) is 11.4 Å². The molecule has 1 N–H and O–H groups in total. The summed E-state index contributed by atoms with van der Waals surface area (Å²) in [5.74, 6) is 0.819. The molecule has 6 heteroatoms. The monoisotopic (exact) mass is 418 g/mol. The van der Waals surface area contributed by atoms with E-state index in [4.69, 9.17) is 4.74 Å². The lowest BCUT2D eigenvalue weighted by Crippen LogP contribution is -2.33. The van der Waals surface area contributed by atoms with Gasteiger partial charge in [0.25, 0.3) is 0 Å². The third-order valence-electron chi connectivity index (χ3n) is 4.94. The van der Waals surface area contributed by atoms with E-state index >= 15 is 0 Å². The number of nitrogens with zero attached hydrogens (tertiary/aromatic N) is 1. The second-order valence-corrected chi connectivity index (χ2v) is 8.39. The highest BCUT2D eigenvalue weighted by Gasteiger charge is 2.25. The van der Waals surface area contributed by atoms with Crippen molar-refractivity contribution in [1.29, 1.82) is 0 Å². The Morgan fingerprint density at radius 3 is 2.90 bits per heavy atom. The number of amides is 1. The van der Waals surface area contributed by atoms with Crippen LogP contribution in [0.2, 0.25) is 0 Å². The van der Waals surface area contributed by atoms with Crippen LogP contribution in [0.3, 0.4) is 0 Å². The molecule has 0 saturated heterocycles. The van der Waals surface area contributed by atoms with E-state index in [-0.39, 0.29) is 17.8 Å². The Balaban J connectivity index is 1.39. The van der Waals surface area contributed by atoms with Crippen molar-refractivity contribution < 1.29 is 14.3 Å². The highest BCUT2D eigenvalue weighted by molar-refractivity contribution is 7.17. The van der Waals surface area contributed by atoms with Gasteiger partial charge in [-0.05, 0) is 72.5 Å². The molecule has 0 radical (unpaired) electrons. The highest BCUT2D eigenvalue weighted by atomic mass is 32.1. The summed E-state index contributed by atoms with van der Waals surface area (Å²) in [7, 11) is 0. The smallest absolute Gasteiger partial charge is 0.244 e. The lowest BCUT2D eigenvalue weighted by atomic mass is 10.0. The van der Waals surface area contributed by atoms with E-state index in [1.807, 2.05) is 31.2 Å². The third kappa shape index (κ3) is 4.49. The average Bonchev–Trinajstić information content (AvgIpc) is 3.39. The van der Waals surface area contributed by atoms with Crippen molar-refractivity contribution in [3.8, 4) is 16.2 Å². The Morgan fingerprint density at radius 1 is 1.30 bits per heavy atom. The number of fused-ring (bicyclic) bond motifs is 1. The first-order chi connectivity index (χ1) is 14.5. The molecule has 1 aliphatic heterocycles. The van der Waals surface area contributed by atoms with Crippen LogP contribution in [0.25, 0.3) is 16.5 Å². The minimum absolute atomic E-state index is 0.0841. The van der Waals surface area contributed by atoms with Crippen LogP contribution in [-0.4, -0.2) is 29.3 Å². The number of carbonyl (C=O) groups excluding carboxylic acids is 2. The lowest BCUT2D eigenvalue weighted by molar-refractivity contribution is -0.116. The standard InChI is InChI=1S/C24H22N2O3S/c1-15-10-18(22-7-6-21(30-22)16(2)27)11-19-12-20(29-24(15)19)14-26-23(28)8-5-17-4-3-9-25-13-17/h3-11,13,20H,12,14H2,1-2H3,(H,26,28)/b8-5+. The molecule has 3 heterocycles. The molecule has 0 spiro atoms. The maximum atomic E-state index is 12.1. The predicted molar refractivity (Wildman–Crippen MR) is 119 cm³/mol. The number of ether oxygens (including phenoxy) is 1. The van der Waals surface area contributed by atoms with Gasteiger partial charge in [-0.3, -0.25) is 14.6 Å². The van der Waals surface area contributed by atoms with Crippen molar-refractivity contribution in [1.82, 2.24) is 10.3 Å². The maximum absolute atomic E-state index is 12.1. The van der Waals surface area contributed by atoms with E-state index in [0.29, 0.717) is 6.54 Å². The SMILES string of the molecule is CC(=O)c1ccc(-c2cc(C)c3c(c2)CC(CNC(=O)/C=C/c2cccnc2)O3)s1. The summed E-state index contributed by atoms with van der Waals surface area (Å²) in [6.07, 6.45) is 7.28. The maximum Gasteiger partial charge on any atom is 0.244 e. The van der Waals surface area contributed by atoms with E-state index in [1.165, 1.54) is 17.4 Å². The Bertz CT molecular complexity index is 1120. The van der Waals surface area contributed by atoms with Gasteiger partial charge in [0.1, 0.15) is 11.9 Å². The van der Waals surface area contributed by atoms with Gasteiger partial charge < -0.3 is 10.1 Å². The molecule has 1 atom stereocenters. The molecule has 1 unspecified atom stereocenters. The number of carbonyl (C=O) groups is 2. The van der Waals surface area contributed by atoms with Crippen LogP contribution in [0.15, 0.2) is 54.9 Å². The molecule has 3 aromatic rings. The number of benzene rings is 1. The lowest BCUT2D eigenvalue weighted by Gasteiger charge is -2.12. The van der Waals surface area contributed by atoms with Gasteiger partial charge in [-0.25, -0.2) is 0 Å². The van der Waals surface area contributed by atoms with Crippen molar-refractivity contribution in [3.63, 3.8) is 0 Å². The van der Waals surface area contributed by atoms with E-state index in [1.54, 1.807) is 25.4 Å². The first kappa shape index (κ1) is 20.0. The first-order valence-electron chi connectivity index (χ1n) is 9.77. The van der Waals surface area contributed by atoms with Crippen LogP contribution in [-0.2, 0) is 11.2 Å². The Labute approximate surface area is 179 Å². The van der Waals surface area contributed by atoms with Crippen molar-refractivity contribution in [2.45, 2.75) is 26.4 Å². The fourth-order valence-electron chi connectivity index (χ4n) is 3.48. The summed E-state index contributed by atoms with van der Waals surface area (Å²) in [4.78, 5) is 29.6. The molecule has 0 fully saturated rings. The summed E-state index contributed by atoms with van der Waals surface area (Å²) < 4.78 is 6.09. The zero-order valence-corrected chi connectivity index (χ0v) is 17.7. The number of aryl methyl sites for hydroxylation is 1. The van der Waals surface area contributed by atoms with E-state index in [0.717, 1.165) is 44.2 Å². The third-order valence-corrected chi connectivity index (χ3v) is 6.17. The minimum atomic E-state index is -0.161. The number of Topliss-reactive ketones (excluding diaryl/α,β-unsaturated/α-hetero) is 1. The molecule has 0 bridgehead atoms. The van der Waals surface area contributed by atoms with Crippen molar-refractivity contribution in [2.75, 3.05) is 6.54 Å². The van der Waals surface area contributed by atoms with Crippen LogP contribution < -0.4 is 10.1 Å². The molecule has 0 saturated carbocycles. The Morgan fingerprint density at radius 2 is 2.17 bits per heavy atom. The molecule has 1 aromatic carbocycles. The molecular formula is C24H22N2O3S. The van der Waals surface area contributed by atoms with Gasteiger partial charge in [0.2, 0.25) is 5.91 Å². The second-order valence-electron chi connectivity index (χ2n) is 7.31. The summed E-state index contributed by atoms with van der Waals surface area (Å²) >= 11 is 1.51. The van der Waals surface area contributed by atoms with Gasteiger partial charge in [0.15, 0.2) is 5.78 Å². The van der Waals surface area contributed by atoms with Crippen LogP contribution >= 0.6 is 11.3 Å². The minimum Gasteiger partial charge on any atom is -0.488 e. The van der Waals surface area contributed by atoms with Gasteiger partial charge in [0, 0.05) is 29.8 Å². The van der Waals surface area contributed by atoms with Gasteiger partial charge >= 0.3 is 0 Å². The van der Waals surface area contributed by atoms with E-state index in [2.05, 4.69) is 22.4 Å². The number of hydrogen-bond donors (Lipinski definition) is 1. The zero-order valence-electron chi connectivity index (χ0n) is 16.8. The van der Waals surface area contributed by atoms with Gasteiger partial charge in [-0.2, -0.15) is 0 Å². The quantitative estimate of drug-likeness (QED) is 0.474. The summed E-state index contributed by atoms with van der Waals surface area (Å²) in [5, 5.41) is 2.90. The van der Waals surface area contributed by atoms with E-state index in [9.17, 15) is 9.59 Å². The number of pyridine rings is 1. The normalized spacial score (nSPS) is 15.1. The molecule has 2 aromatic heterocycles. The van der Waals surface area contributed by atoms with Crippen LogP contribution in [0.4, 0.5) is 0 Å². The summed E-state index contributed by atoms with van der Waals surface area (Å²) in [6, 6.07) is 11.8. The van der Waals surface area contributed by atoms with Crippen LogP contribution in [0.5, 0.6) is 5.75 Å². The molecule has 0 aliphatic carbocycles. The predicted octanol–water partition coefficient (Wildman–Crippen LogP) is 4.45. The number of nitrogens with one attached hydrogen (secondary N) is 1. The fraction of sp³-hybridized carbons (Fsp3) is 0.208. The van der Waals surface area contributed by atoms with Crippen molar-refractivity contribution in [2.24, 2.45) is 0 Å². The highest BCUT2D eigenvalue weighted by Crippen LogP contribution is 2.38. The first-order valence-corrected chi connectivity index (χ1v) is 10.6. The molecular weight excluding hydrogens is 396 g/mol. The number of hydrogen-bond acceptors (Lipinski definition) is 5. The van der Waals surface area contributed by atoms with Crippen LogP contribution in [0, 0.1) is 6.92 Å². The molecule has 30 heavy (non-hydrogen) atoms. The van der Waals surface area contributed by atoms with Gasteiger partial charge in [-0.15, -0.1) is 11.3 Å². The van der Waals surface area contributed by atoms with Crippen LogP contribution in [0.1, 0.15) is 33.3 Å². The largest absolute Gasteiger partial charge is 0.488 e. The summed E-state index contributed by atoms with van der Waals surface area (Å²) in [6.45, 7) is 4.05. The van der Waals surface area contributed by atoms with Gasteiger partial charge in [-0.1, -0.05) is 6.07 Å². The molecule has 4 rings (SSSR count). The molecule has 5 nitrogen and oxygen atoms in total. The van der Waals surface area contributed by atoms with Crippen molar-refractivity contribution in [3.05, 3.63) is 76.4 Å². The second kappa shape index (κ2) is 8.63. The number of ketones is 1. The number of rotatable bonds is 6. The fourth-order valence-corrected chi connectivity index (χ4v) is 4.37. The molecule has 1 aliphatic rings. The van der Waals surface area contributed by atoms with E-state index < -0.39 is 0 Å². The number of aromatic nitrogens is 1. The topological polar surface area (TPSA) is 68.3 Å². The Hall–Kier alpha value is -3.25.